The van der Waals surface area contributed by atoms with Crippen molar-refractivity contribution in [2.75, 3.05) is 0 Å². The van der Waals surface area contributed by atoms with Crippen molar-refractivity contribution in [2.45, 2.75) is 18.5 Å². The summed E-state index contributed by atoms with van der Waals surface area (Å²) in [6, 6.07) is 24.4. The summed E-state index contributed by atoms with van der Waals surface area (Å²) in [5, 5.41) is 2.89. The maximum Gasteiger partial charge on any atom is 0.325 e. The minimum atomic E-state index is -1.22. The van der Waals surface area contributed by atoms with Crippen molar-refractivity contribution in [2.24, 2.45) is 0 Å². The third-order valence-electron chi connectivity index (χ3n) is 5.04. The quantitative estimate of drug-likeness (QED) is 0.686. The minimum absolute atomic E-state index is 0.110. The number of hydrogen-bond donors (Lipinski definition) is 1. The summed E-state index contributed by atoms with van der Waals surface area (Å²) in [7, 11) is 0. The normalized spacial score (nSPS) is 19.0. The molecule has 28 heavy (non-hydrogen) atoms. The summed E-state index contributed by atoms with van der Waals surface area (Å²) in [6.07, 6.45) is 0.316. The van der Waals surface area contributed by atoms with Crippen LogP contribution < -0.4 is 5.32 Å². The fraction of sp³-hybridized carbons (Fsp3) is 0.130. The molecule has 4 rings (SSSR count). The van der Waals surface area contributed by atoms with Crippen LogP contribution in [0.15, 0.2) is 84.9 Å². The van der Waals surface area contributed by atoms with E-state index in [1.807, 2.05) is 60.7 Å². The van der Waals surface area contributed by atoms with Gasteiger partial charge in [0.25, 0.3) is 5.91 Å². The number of amides is 3. The Morgan fingerprint density at radius 3 is 2.11 bits per heavy atom. The molecule has 1 saturated heterocycles. The van der Waals surface area contributed by atoms with Gasteiger partial charge in [0.2, 0.25) is 0 Å². The van der Waals surface area contributed by atoms with E-state index in [0.29, 0.717) is 17.5 Å². The van der Waals surface area contributed by atoms with Crippen LogP contribution in [0.3, 0.4) is 0 Å². The molecule has 3 aromatic rings. The van der Waals surface area contributed by atoms with Gasteiger partial charge in [-0.2, -0.15) is 0 Å². The molecular formula is C23H19FN2O2. The molecule has 140 valence electrons. The van der Waals surface area contributed by atoms with E-state index in [0.717, 1.165) is 10.5 Å². The molecule has 0 spiro atoms. The molecule has 1 aliphatic heterocycles. The molecule has 1 atom stereocenters. The Balaban J connectivity index is 1.73. The average molecular weight is 374 g/mol. The maximum atomic E-state index is 14.1. The first-order valence-corrected chi connectivity index (χ1v) is 9.07. The van der Waals surface area contributed by atoms with Gasteiger partial charge < -0.3 is 5.32 Å². The largest absolute Gasteiger partial charge is 0.325 e. The Morgan fingerprint density at radius 2 is 1.43 bits per heavy atom. The zero-order chi connectivity index (χ0) is 19.6. The lowest BCUT2D eigenvalue weighted by molar-refractivity contribution is -0.132. The Morgan fingerprint density at radius 1 is 0.821 bits per heavy atom. The first-order valence-electron chi connectivity index (χ1n) is 9.07. The van der Waals surface area contributed by atoms with Gasteiger partial charge in [-0.25, -0.2) is 9.18 Å². The number of rotatable bonds is 5. The second-order valence-corrected chi connectivity index (χ2v) is 6.85. The average Bonchev–Trinajstić information content (AvgIpc) is 2.96. The van der Waals surface area contributed by atoms with Gasteiger partial charge in [0.15, 0.2) is 5.54 Å². The number of hydrogen-bond acceptors (Lipinski definition) is 2. The summed E-state index contributed by atoms with van der Waals surface area (Å²) in [4.78, 5) is 27.3. The summed E-state index contributed by atoms with van der Waals surface area (Å²) in [5.74, 6) is -0.820. The minimum Gasteiger partial charge on any atom is -0.319 e. The lowest BCUT2D eigenvalue weighted by Crippen LogP contribution is -2.46. The molecule has 1 fully saturated rings. The lowest BCUT2D eigenvalue weighted by atomic mass is 9.83. The van der Waals surface area contributed by atoms with Crippen LogP contribution in [0.5, 0.6) is 0 Å². The van der Waals surface area contributed by atoms with E-state index in [4.69, 9.17) is 0 Å². The second-order valence-electron chi connectivity index (χ2n) is 6.85. The van der Waals surface area contributed by atoms with Crippen LogP contribution in [0.1, 0.15) is 16.7 Å². The molecule has 1 aliphatic rings. The molecule has 3 aromatic carbocycles. The van der Waals surface area contributed by atoms with E-state index < -0.39 is 17.4 Å². The number of carbonyl (C=O) groups is 2. The van der Waals surface area contributed by atoms with Crippen molar-refractivity contribution < 1.29 is 14.0 Å². The standard InChI is InChI=1S/C23H19FN2O2/c24-20-14-8-7-11-18(20)16-26-21(27)23(25-22(26)28,19-12-5-2-6-13-19)15-17-9-3-1-4-10-17/h1-14H,15-16H2,(H,25,28)/t23-/m1/s1. The van der Waals surface area contributed by atoms with Gasteiger partial charge in [-0.15, -0.1) is 0 Å². The molecule has 0 aliphatic carbocycles. The van der Waals surface area contributed by atoms with Crippen LogP contribution in [0, 0.1) is 5.82 Å². The zero-order valence-corrected chi connectivity index (χ0v) is 15.1. The van der Waals surface area contributed by atoms with Crippen LogP contribution in [0.25, 0.3) is 0 Å². The van der Waals surface area contributed by atoms with E-state index >= 15 is 0 Å². The van der Waals surface area contributed by atoms with Crippen LogP contribution in [0.2, 0.25) is 0 Å². The highest BCUT2D eigenvalue weighted by molar-refractivity contribution is 6.07. The molecule has 0 aromatic heterocycles. The maximum absolute atomic E-state index is 14.1. The summed E-state index contributed by atoms with van der Waals surface area (Å²) < 4.78 is 14.1. The molecule has 1 heterocycles. The SMILES string of the molecule is O=C1N[C@](Cc2ccccc2)(c2ccccc2)C(=O)N1Cc1ccccc1F. The van der Waals surface area contributed by atoms with Crippen LogP contribution >= 0.6 is 0 Å². The summed E-state index contributed by atoms with van der Waals surface area (Å²) >= 11 is 0. The van der Waals surface area contributed by atoms with Crippen LogP contribution in [-0.4, -0.2) is 16.8 Å². The van der Waals surface area contributed by atoms with E-state index in [1.54, 1.807) is 18.2 Å². The third-order valence-corrected chi connectivity index (χ3v) is 5.04. The molecule has 3 amide bonds. The topological polar surface area (TPSA) is 49.4 Å². The number of halogens is 1. The number of nitrogens with zero attached hydrogens (tertiary/aromatic N) is 1. The van der Waals surface area contributed by atoms with Gasteiger partial charge in [-0.1, -0.05) is 78.9 Å². The Labute approximate surface area is 162 Å². The molecule has 0 unspecified atom stereocenters. The number of carbonyl (C=O) groups excluding carboxylic acids is 2. The predicted octanol–water partition coefficient (Wildman–Crippen LogP) is 4.02. The van der Waals surface area contributed by atoms with Crippen molar-refractivity contribution in [1.29, 1.82) is 0 Å². The molecule has 5 heteroatoms. The highest BCUT2D eigenvalue weighted by atomic mass is 19.1. The summed E-state index contributed by atoms with van der Waals surface area (Å²) in [5.41, 5.74) is 0.709. The number of imide groups is 1. The predicted molar refractivity (Wildman–Crippen MR) is 104 cm³/mol. The van der Waals surface area contributed by atoms with Gasteiger partial charge in [-0.3, -0.25) is 9.69 Å². The van der Waals surface area contributed by atoms with Crippen molar-refractivity contribution in [3.63, 3.8) is 0 Å². The Kier molecular flexibility index (Phi) is 4.65. The van der Waals surface area contributed by atoms with Gasteiger partial charge in [0.1, 0.15) is 5.82 Å². The van der Waals surface area contributed by atoms with Crippen molar-refractivity contribution in [3.8, 4) is 0 Å². The number of benzene rings is 3. The van der Waals surface area contributed by atoms with E-state index in [-0.39, 0.29) is 12.5 Å². The lowest BCUT2D eigenvalue weighted by Gasteiger charge is -2.27. The van der Waals surface area contributed by atoms with E-state index in [9.17, 15) is 14.0 Å². The first-order chi connectivity index (χ1) is 13.6. The smallest absolute Gasteiger partial charge is 0.319 e. The van der Waals surface area contributed by atoms with Crippen LogP contribution in [-0.2, 0) is 23.3 Å². The fourth-order valence-electron chi connectivity index (χ4n) is 3.61. The molecule has 0 saturated carbocycles. The first kappa shape index (κ1) is 17.9. The molecule has 0 bridgehead atoms. The second kappa shape index (κ2) is 7.27. The van der Waals surface area contributed by atoms with Crippen LogP contribution in [0.4, 0.5) is 9.18 Å². The zero-order valence-electron chi connectivity index (χ0n) is 15.1. The number of nitrogens with one attached hydrogen (secondary N) is 1. The van der Waals surface area contributed by atoms with Gasteiger partial charge in [0.05, 0.1) is 6.54 Å². The Bertz CT molecular complexity index is 1010. The molecule has 0 radical (unpaired) electrons. The van der Waals surface area contributed by atoms with Gasteiger partial charge in [0, 0.05) is 12.0 Å². The highest BCUT2D eigenvalue weighted by Gasteiger charge is 2.52. The number of urea groups is 1. The highest BCUT2D eigenvalue weighted by Crippen LogP contribution is 2.33. The fourth-order valence-corrected chi connectivity index (χ4v) is 3.61. The van der Waals surface area contributed by atoms with Crippen molar-refractivity contribution >= 4 is 11.9 Å². The third kappa shape index (κ3) is 3.16. The molecule has 4 nitrogen and oxygen atoms in total. The van der Waals surface area contributed by atoms with Gasteiger partial charge >= 0.3 is 6.03 Å². The van der Waals surface area contributed by atoms with Crippen molar-refractivity contribution in [3.05, 3.63) is 107 Å². The summed E-state index contributed by atoms with van der Waals surface area (Å²) in [6.45, 7) is -0.110. The molecule has 1 N–H and O–H groups in total. The Hall–Kier alpha value is -3.47. The van der Waals surface area contributed by atoms with E-state index in [1.165, 1.54) is 6.07 Å². The van der Waals surface area contributed by atoms with Gasteiger partial charge in [-0.05, 0) is 17.2 Å². The molecular weight excluding hydrogens is 355 g/mol. The van der Waals surface area contributed by atoms with Crippen molar-refractivity contribution in [1.82, 2.24) is 10.2 Å². The van der Waals surface area contributed by atoms with E-state index in [2.05, 4.69) is 5.32 Å². The monoisotopic (exact) mass is 374 g/mol.